The van der Waals surface area contributed by atoms with Crippen molar-refractivity contribution >= 4 is 34.3 Å². The molecule has 0 heterocycles. The molecule has 0 aromatic heterocycles. The minimum absolute atomic E-state index is 0.0421. The van der Waals surface area contributed by atoms with Crippen LogP contribution in [-0.4, -0.2) is 11.6 Å². The van der Waals surface area contributed by atoms with Crippen LogP contribution in [0.4, 0.5) is 22.7 Å². The molecule has 0 saturated heterocycles. The third kappa shape index (κ3) is 5.83. The maximum atomic E-state index is 14.3. The molecule has 5 rings (SSSR count). The van der Waals surface area contributed by atoms with Crippen molar-refractivity contribution in [1.82, 2.24) is 0 Å². The van der Waals surface area contributed by atoms with Crippen LogP contribution in [0.3, 0.4) is 0 Å². The Morgan fingerprint density at radius 1 is 0.500 bits per heavy atom. The average Bonchev–Trinajstić information content (AvgIpc) is 2.95. The normalized spacial score (nSPS) is 13.3. The Morgan fingerprint density at radius 2 is 0.864 bits per heavy atom. The summed E-state index contributed by atoms with van der Waals surface area (Å²) in [6, 6.07) is 24.1. The molecular weight excluding hydrogens is 540 g/mol. The molecule has 4 aromatic rings. The number of benzene rings is 4. The summed E-state index contributed by atoms with van der Waals surface area (Å²) in [6.07, 6.45) is 0. The zero-order valence-corrected chi connectivity index (χ0v) is 27.9. The lowest BCUT2D eigenvalue weighted by molar-refractivity contribution is 0.0980. The number of hydrogen-bond acceptors (Lipinski definition) is 4. The Bertz CT molecular complexity index is 1630. The van der Waals surface area contributed by atoms with E-state index in [-0.39, 0.29) is 34.2 Å². The van der Waals surface area contributed by atoms with E-state index in [1.165, 1.54) is 11.1 Å². The van der Waals surface area contributed by atoms with Crippen LogP contribution in [-0.2, 0) is 10.8 Å². The minimum Gasteiger partial charge on any atom is -0.355 e. The number of carbonyl (C=O) groups is 2. The Kier molecular flexibility index (Phi) is 8.09. The van der Waals surface area contributed by atoms with E-state index in [2.05, 4.69) is 116 Å². The van der Waals surface area contributed by atoms with E-state index >= 15 is 0 Å². The fraction of sp³-hybridized carbons (Fsp3) is 0.350. The van der Waals surface area contributed by atoms with Crippen molar-refractivity contribution in [2.75, 3.05) is 10.6 Å². The van der Waals surface area contributed by atoms with E-state index in [0.29, 0.717) is 33.6 Å². The summed E-state index contributed by atoms with van der Waals surface area (Å²) in [5.74, 6) is 0.246. The minimum atomic E-state index is -0.146. The molecule has 0 unspecified atom stereocenters. The molecule has 0 fully saturated rings. The molecule has 1 aliphatic carbocycles. The molecule has 2 N–H and O–H groups in total. The molecule has 0 bridgehead atoms. The highest BCUT2D eigenvalue weighted by molar-refractivity contribution is 6.32. The Labute approximate surface area is 263 Å². The van der Waals surface area contributed by atoms with Crippen molar-refractivity contribution in [2.45, 2.75) is 91.9 Å². The van der Waals surface area contributed by atoms with E-state index in [1.54, 1.807) is 12.1 Å². The van der Waals surface area contributed by atoms with Crippen LogP contribution in [0.15, 0.2) is 72.8 Å². The smallest absolute Gasteiger partial charge is 0.196 e. The number of hydrogen-bond donors (Lipinski definition) is 2. The summed E-state index contributed by atoms with van der Waals surface area (Å²) in [7, 11) is 0. The summed E-state index contributed by atoms with van der Waals surface area (Å²) in [6.45, 7) is 21.9. The Balaban J connectivity index is 1.71. The highest BCUT2D eigenvalue weighted by Crippen LogP contribution is 2.41. The number of fused-ring (bicyclic) bond motifs is 2. The van der Waals surface area contributed by atoms with Crippen LogP contribution in [0, 0.1) is 0 Å². The van der Waals surface area contributed by atoms with Gasteiger partial charge >= 0.3 is 0 Å². The molecule has 4 heteroatoms. The van der Waals surface area contributed by atoms with Gasteiger partial charge in [-0.3, -0.25) is 9.59 Å². The van der Waals surface area contributed by atoms with E-state index in [9.17, 15) is 9.59 Å². The highest BCUT2D eigenvalue weighted by Gasteiger charge is 2.34. The maximum Gasteiger partial charge on any atom is 0.196 e. The molecule has 44 heavy (non-hydrogen) atoms. The third-order valence-corrected chi connectivity index (χ3v) is 8.70. The summed E-state index contributed by atoms with van der Waals surface area (Å²) >= 11 is 0. The van der Waals surface area contributed by atoms with Crippen LogP contribution in [0.1, 0.15) is 135 Å². The van der Waals surface area contributed by atoms with E-state index < -0.39 is 0 Å². The summed E-state index contributed by atoms with van der Waals surface area (Å²) in [4.78, 5) is 28.5. The number of nitrogens with one attached hydrogen (secondary N) is 2. The van der Waals surface area contributed by atoms with Gasteiger partial charge in [-0.25, -0.2) is 0 Å². The second-order valence-electron chi connectivity index (χ2n) is 14.8. The van der Waals surface area contributed by atoms with Crippen molar-refractivity contribution < 1.29 is 9.59 Å². The van der Waals surface area contributed by atoms with Crippen molar-refractivity contribution in [1.29, 1.82) is 0 Å². The van der Waals surface area contributed by atoms with Gasteiger partial charge in [-0.2, -0.15) is 0 Å². The molecule has 0 aliphatic heterocycles. The van der Waals surface area contributed by atoms with Crippen LogP contribution in [0.25, 0.3) is 0 Å². The molecule has 4 nitrogen and oxygen atoms in total. The van der Waals surface area contributed by atoms with Crippen molar-refractivity contribution in [2.24, 2.45) is 0 Å². The van der Waals surface area contributed by atoms with E-state index in [4.69, 9.17) is 0 Å². The molecule has 228 valence electrons. The second-order valence-corrected chi connectivity index (χ2v) is 14.8. The van der Waals surface area contributed by atoms with Crippen LogP contribution in [0.2, 0.25) is 0 Å². The van der Waals surface area contributed by atoms with Crippen LogP contribution >= 0.6 is 0 Å². The van der Waals surface area contributed by atoms with Gasteiger partial charge in [0.2, 0.25) is 0 Å². The molecule has 0 saturated carbocycles. The molecule has 0 spiro atoms. The number of anilines is 4. The number of ketones is 2. The summed E-state index contributed by atoms with van der Waals surface area (Å²) in [5.41, 5.74) is 9.51. The lowest BCUT2D eigenvalue weighted by Crippen LogP contribution is -2.24. The lowest BCUT2D eigenvalue weighted by atomic mass is 9.81. The molecule has 0 radical (unpaired) electrons. The first kappa shape index (κ1) is 31.3. The first-order valence-electron chi connectivity index (χ1n) is 15.8. The fourth-order valence-corrected chi connectivity index (χ4v) is 5.99. The molecule has 0 atom stereocenters. The first-order chi connectivity index (χ1) is 20.6. The predicted molar refractivity (Wildman–Crippen MR) is 185 cm³/mol. The molecule has 1 aliphatic rings. The van der Waals surface area contributed by atoms with Gasteiger partial charge in [0.1, 0.15) is 0 Å². The highest BCUT2D eigenvalue weighted by atomic mass is 16.1. The molecular formula is C40H46N2O2. The monoisotopic (exact) mass is 586 g/mol. The maximum absolute atomic E-state index is 14.3. The summed E-state index contributed by atoms with van der Waals surface area (Å²) < 4.78 is 0. The zero-order chi connectivity index (χ0) is 32.1. The van der Waals surface area contributed by atoms with Gasteiger partial charge in [0.25, 0.3) is 0 Å². The van der Waals surface area contributed by atoms with E-state index in [0.717, 1.165) is 22.5 Å². The largest absolute Gasteiger partial charge is 0.355 e. The summed E-state index contributed by atoms with van der Waals surface area (Å²) in [5, 5.41) is 7.25. The average molecular weight is 587 g/mol. The quantitative estimate of drug-likeness (QED) is 0.208. The van der Waals surface area contributed by atoms with Crippen LogP contribution < -0.4 is 10.6 Å². The van der Waals surface area contributed by atoms with Gasteiger partial charge in [0.15, 0.2) is 11.6 Å². The third-order valence-electron chi connectivity index (χ3n) is 8.70. The van der Waals surface area contributed by atoms with Gasteiger partial charge in [-0.1, -0.05) is 118 Å². The van der Waals surface area contributed by atoms with Gasteiger partial charge in [-0.05, 0) is 69.2 Å². The van der Waals surface area contributed by atoms with Gasteiger partial charge in [0.05, 0.1) is 22.5 Å². The van der Waals surface area contributed by atoms with Crippen LogP contribution in [0.5, 0.6) is 0 Å². The Morgan fingerprint density at radius 3 is 1.18 bits per heavy atom. The van der Waals surface area contributed by atoms with Gasteiger partial charge < -0.3 is 10.6 Å². The topological polar surface area (TPSA) is 58.2 Å². The van der Waals surface area contributed by atoms with E-state index in [1.807, 2.05) is 24.3 Å². The zero-order valence-electron chi connectivity index (χ0n) is 27.9. The molecule has 4 aromatic carbocycles. The Hall–Kier alpha value is -4.18. The SMILES string of the molecule is CC(C)c1ccc(C(C)(C)C)cc1Nc1ccc(Nc2cc(C(C)(C)C)ccc2C(C)C)c2c1C(=O)c1ccccc1C2=O. The molecule has 0 amide bonds. The second kappa shape index (κ2) is 11.4. The van der Waals surface area contributed by atoms with Gasteiger partial charge in [0, 0.05) is 22.5 Å². The predicted octanol–water partition coefficient (Wildman–Crippen LogP) is 10.8. The van der Waals surface area contributed by atoms with Crippen molar-refractivity contribution in [3.05, 3.63) is 117 Å². The fourth-order valence-electron chi connectivity index (χ4n) is 5.99. The van der Waals surface area contributed by atoms with Gasteiger partial charge in [-0.15, -0.1) is 0 Å². The van der Waals surface area contributed by atoms with Crippen molar-refractivity contribution in [3.8, 4) is 0 Å². The first-order valence-corrected chi connectivity index (χ1v) is 15.8. The number of carbonyl (C=O) groups excluding carboxylic acids is 2. The lowest BCUT2D eigenvalue weighted by Gasteiger charge is -2.27. The van der Waals surface area contributed by atoms with Crippen molar-refractivity contribution in [3.63, 3.8) is 0 Å². The number of rotatable bonds is 6. The standard InChI is InChI=1S/C40H46N2O2/c1-23(2)27-17-15-25(39(5,6)7)21-33(27)41-31-19-20-32(36-35(31)37(43)29-13-11-12-14-30(29)38(36)44)42-34-22-26(40(8,9)10)16-18-28(34)24(3)4/h11-24,41-42H,1-10H3.